The number of hydrogen-bond donors (Lipinski definition) is 1. The summed E-state index contributed by atoms with van der Waals surface area (Å²) in [5.74, 6) is -0.270. The molecule has 2 heterocycles. The Kier molecular flexibility index (Phi) is 6.28. The molecule has 0 radical (unpaired) electrons. The molecule has 2 aromatic rings. The van der Waals surface area contributed by atoms with Crippen LogP contribution < -0.4 is 5.32 Å². The first kappa shape index (κ1) is 21.1. The van der Waals surface area contributed by atoms with Crippen LogP contribution in [0, 0.1) is 19.7 Å². The summed E-state index contributed by atoms with van der Waals surface area (Å²) < 4.78 is 21.8. The van der Waals surface area contributed by atoms with Gasteiger partial charge >= 0.3 is 0 Å². The SMILES string of the molecule is Cc1cc(C(=O)NCC2(c3cccc(F)c3)CCOCC2)c(C)n1C1CCCCC1. The Morgan fingerprint density at radius 1 is 1.17 bits per heavy atom. The molecule has 1 saturated heterocycles. The summed E-state index contributed by atoms with van der Waals surface area (Å²) in [4.78, 5) is 13.2. The molecule has 2 fully saturated rings. The largest absolute Gasteiger partial charge is 0.381 e. The molecule has 0 bridgehead atoms. The summed E-state index contributed by atoms with van der Waals surface area (Å²) >= 11 is 0. The molecule has 4 rings (SSSR count). The lowest BCUT2D eigenvalue weighted by molar-refractivity contribution is 0.0486. The Balaban J connectivity index is 1.53. The van der Waals surface area contributed by atoms with E-state index in [1.54, 1.807) is 12.1 Å². The Bertz CT molecular complexity index is 893. The normalized spacial score (nSPS) is 19.6. The van der Waals surface area contributed by atoms with Crippen molar-refractivity contribution in [1.29, 1.82) is 0 Å². The van der Waals surface area contributed by atoms with E-state index in [9.17, 15) is 9.18 Å². The molecule has 1 aliphatic carbocycles. The van der Waals surface area contributed by atoms with Crippen molar-refractivity contribution >= 4 is 5.91 Å². The van der Waals surface area contributed by atoms with Crippen LogP contribution in [-0.2, 0) is 10.2 Å². The van der Waals surface area contributed by atoms with Crippen LogP contribution in [0.15, 0.2) is 30.3 Å². The van der Waals surface area contributed by atoms with Gasteiger partial charge in [-0.05, 0) is 63.3 Å². The van der Waals surface area contributed by atoms with Crippen LogP contribution in [-0.4, -0.2) is 30.2 Å². The predicted molar refractivity (Wildman–Crippen MR) is 116 cm³/mol. The number of amides is 1. The average Bonchev–Trinajstić information content (AvgIpc) is 3.07. The molecule has 30 heavy (non-hydrogen) atoms. The van der Waals surface area contributed by atoms with Crippen molar-refractivity contribution < 1.29 is 13.9 Å². The van der Waals surface area contributed by atoms with E-state index >= 15 is 0 Å². The van der Waals surface area contributed by atoms with Gasteiger partial charge in [0.25, 0.3) is 5.91 Å². The Hall–Kier alpha value is -2.14. The van der Waals surface area contributed by atoms with Gasteiger partial charge in [-0.25, -0.2) is 4.39 Å². The molecule has 5 heteroatoms. The first-order valence-electron chi connectivity index (χ1n) is 11.3. The van der Waals surface area contributed by atoms with Gasteiger partial charge in [0.1, 0.15) is 5.82 Å². The highest BCUT2D eigenvalue weighted by atomic mass is 19.1. The molecule has 0 atom stereocenters. The number of aromatic nitrogens is 1. The summed E-state index contributed by atoms with van der Waals surface area (Å²) in [7, 11) is 0. The molecular weight excluding hydrogens is 379 g/mol. The lowest BCUT2D eigenvalue weighted by Crippen LogP contribution is -2.44. The Labute approximate surface area is 178 Å². The lowest BCUT2D eigenvalue weighted by atomic mass is 9.74. The van der Waals surface area contributed by atoms with Crippen molar-refractivity contribution in [2.24, 2.45) is 0 Å². The predicted octanol–water partition coefficient (Wildman–Crippen LogP) is 5.23. The first-order chi connectivity index (χ1) is 14.5. The number of benzene rings is 1. The molecule has 162 valence electrons. The van der Waals surface area contributed by atoms with Crippen LogP contribution in [0.2, 0.25) is 0 Å². The number of halogens is 1. The van der Waals surface area contributed by atoms with E-state index in [1.165, 1.54) is 38.2 Å². The van der Waals surface area contributed by atoms with Crippen LogP contribution in [0.5, 0.6) is 0 Å². The molecule has 1 saturated carbocycles. The molecule has 1 N–H and O–H groups in total. The van der Waals surface area contributed by atoms with E-state index in [1.807, 2.05) is 12.1 Å². The average molecular weight is 413 g/mol. The molecule has 1 aliphatic heterocycles. The third-order valence-corrected chi connectivity index (χ3v) is 7.14. The zero-order chi connectivity index (χ0) is 21.1. The minimum atomic E-state index is -0.287. The zero-order valence-electron chi connectivity index (χ0n) is 18.2. The molecule has 2 aliphatic rings. The molecule has 1 amide bonds. The van der Waals surface area contributed by atoms with Crippen molar-refractivity contribution in [1.82, 2.24) is 9.88 Å². The van der Waals surface area contributed by atoms with E-state index in [2.05, 4.69) is 23.7 Å². The smallest absolute Gasteiger partial charge is 0.253 e. The van der Waals surface area contributed by atoms with Crippen molar-refractivity contribution in [3.63, 3.8) is 0 Å². The van der Waals surface area contributed by atoms with E-state index in [0.29, 0.717) is 25.8 Å². The fourth-order valence-electron chi connectivity index (χ4n) is 5.40. The van der Waals surface area contributed by atoms with E-state index < -0.39 is 0 Å². The van der Waals surface area contributed by atoms with Gasteiger partial charge in [-0.1, -0.05) is 31.4 Å². The van der Waals surface area contributed by atoms with Crippen LogP contribution in [0.3, 0.4) is 0 Å². The third kappa shape index (κ3) is 4.18. The molecule has 4 nitrogen and oxygen atoms in total. The van der Waals surface area contributed by atoms with Gasteiger partial charge in [-0.2, -0.15) is 0 Å². The van der Waals surface area contributed by atoms with Crippen LogP contribution in [0.25, 0.3) is 0 Å². The highest BCUT2D eigenvalue weighted by Crippen LogP contribution is 2.35. The van der Waals surface area contributed by atoms with E-state index in [0.717, 1.165) is 35.4 Å². The fraction of sp³-hybridized carbons (Fsp3) is 0.560. The molecule has 0 spiro atoms. The maximum atomic E-state index is 13.9. The number of carbonyl (C=O) groups excluding carboxylic acids is 1. The molecule has 1 aromatic carbocycles. The second-order valence-corrected chi connectivity index (χ2v) is 9.03. The Morgan fingerprint density at radius 3 is 2.60 bits per heavy atom. The molecular formula is C25H33FN2O2. The summed E-state index contributed by atoms with van der Waals surface area (Å²) in [6.07, 6.45) is 7.79. The van der Waals surface area contributed by atoms with Gasteiger partial charge in [0, 0.05) is 42.6 Å². The number of carbonyl (C=O) groups is 1. The van der Waals surface area contributed by atoms with Crippen LogP contribution in [0.4, 0.5) is 4.39 Å². The number of rotatable bonds is 5. The van der Waals surface area contributed by atoms with Gasteiger partial charge in [-0.15, -0.1) is 0 Å². The highest BCUT2D eigenvalue weighted by Gasteiger charge is 2.35. The van der Waals surface area contributed by atoms with Crippen molar-refractivity contribution in [2.75, 3.05) is 19.8 Å². The van der Waals surface area contributed by atoms with Crippen molar-refractivity contribution in [2.45, 2.75) is 70.3 Å². The number of ether oxygens (including phenoxy) is 1. The quantitative estimate of drug-likeness (QED) is 0.731. The van der Waals surface area contributed by atoms with Crippen molar-refractivity contribution in [3.05, 3.63) is 58.7 Å². The minimum absolute atomic E-state index is 0.0348. The van der Waals surface area contributed by atoms with Crippen LogP contribution >= 0.6 is 0 Å². The zero-order valence-corrected chi connectivity index (χ0v) is 18.2. The van der Waals surface area contributed by atoms with Gasteiger partial charge in [0.05, 0.1) is 5.56 Å². The van der Waals surface area contributed by atoms with Crippen molar-refractivity contribution in [3.8, 4) is 0 Å². The standard InChI is InChI=1S/C25H33FN2O2/c1-18-15-23(19(2)28(18)22-9-4-3-5-10-22)24(29)27-17-25(11-13-30-14-12-25)20-7-6-8-21(26)16-20/h6-8,15-16,22H,3-5,9-14,17H2,1-2H3,(H,27,29). The molecule has 1 aromatic heterocycles. The molecule has 0 unspecified atom stereocenters. The number of aryl methyl sites for hydroxylation is 1. The number of hydrogen-bond acceptors (Lipinski definition) is 2. The summed E-state index contributed by atoms with van der Waals surface area (Å²) in [6, 6.07) is 9.32. The summed E-state index contributed by atoms with van der Waals surface area (Å²) in [5.41, 5.74) is 3.64. The second kappa shape index (κ2) is 8.93. The number of nitrogens with one attached hydrogen (secondary N) is 1. The van der Waals surface area contributed by atoms with E-state index in [-0.39, 0.29) is 17.1 Å². The monoisotopic (exact) mass is 412 g/mol. The van der Waals surface area contributed by atoms with Gasteiger partial charge < -0.3 is 14.6 Å². The topological polar surface area (TPSA) is 43.3 Å². The van der Waals surface area contributed by atoms with Crippen LogP contribution in [0.1, 0.15) is 78.3 Å². The first-order valence-corrected chi connectivity index (χ1v) is 11.3. The summed E-state index contributed by atoms with van der Waals surface area (Å²) in [5, 5.41) is 3.18. The third-order valence-electron chi connectivity index (χ3n) is 7.14. The Morgan fingerprint density at radius 2 is 1.90 bits per heavy atom. The van der Waals surface area contributed by atoms with Gasteiger partial charge in [0.2, 0.25) is 0 Å². The maximum absolute atomic E-state index is 13.9. The van der Waals surface area contributed by atoms with Gasteiger partial charge in [0.15, 0.2) is 0 Å². The number of nitrogens with zero attached hydrogens (tertiary/aromatic N) is 1. The lowest BCUT2D eigenvalue weighted by Gasteiger charge is -2.38. The summed E-state index contributed by atoms with van der Waals surface area (Å²) in [6.45, 7) is 5.91. The van der Waals surface area contributed by atoms with Gasteiger partial charge in [-0.3, -0.25) is 4.79 Å². The minimum Gasteiger partial charge on any atom is -0.381 e. The second-order valence-electron chi connectivity index (χ2n) is 9.03. The van der Waals surface area contributed by atoms with E-state index in [4.69, 9.17) is 4.74 Å². The maximum Gasteiger partial charge on any atom is 0.253 e. The highest BCUT2D eigenvalue weighted by molar-refractivity contribution is 5.95. The fourth-order valence-corrected chi connectivity index (χ4v) is 5.40.